The maximum absolute atomic E-state index is 12.8. The molecule has 3 aromatic rings. The molecule has 1 amide bonds. The second-order valence-corrected chi connectivity index (χ2v) is 6.85. The Morgan fingerprint density at radius 2 is 1.68 bits per heavy atom. The van der Waals surface area contributed by atoms with E-state index in [1.165, 1.54) is 0 Å². The van der Waals surface area contributed by atoms with Crippen LogP contribution in [0.25, 0.3) is 11.0 Å². The third-order valence-electron chi connectivity index (χ3n) is 4.85. The van der Waals surface area contributed by atoms with Crippen molar-refractivity contribution in [3.63, 3.8) is 0 Å². The molecule has 0 aliphatic carbocycles. The Hall–Kier alpha value is -3.33. The van der Waals surface area contributed by atoms with Crippen LogP contribution in [0.5, 0.6) is 0 Å². The first kappa shape index (κ1) is 19.4. The number of nitrogens with one attached hydrogen (secondary N) is 1. The number of carbonyl (C=O) groups excluding carboxylic acids is 1. The van der Waals surface area contributed by atoms with Gasteiger partial charge in [-0.25, -0.2) is 4.79 Å². The summed E-state index contributed by atoms with van der Waals surface area (Å²) in [5.74, 6) is -0.115. The van der Waals surface area contributed by atoms with E-state index in [-0.39, 0.29) is 24.1 Å². The fraction of sp³-hybridized carbons (Fsp3) is 0.318. The number of para-hydroxylation sites is 2. The van der Waals surface area contributed by atoms with Gasteiger partial charge in [-0.1, -0.05) is 31.2 Å². The van der Waals surface area contributed by atoms with Crippen molar-refractivity contribution in [2.45, 2.75) is 45.8 Å². The van der Waals surface area contributed by atoms with Gasteiger partial charge in [-0.3, -0.25) is 13.9 Å². The predicted molar refractivity (Wildman–Crippen MR) is 109 cm³/mol. The van der Waals surface area contributed by atoms with Crippen molar-refractivity contribution >= 4 is 16.9 Å². The molecule has 0 aliphatic rings. The number of aromatic nitrogens is 2. The third-order valence-corrected chi connectivity index (χ3v) is 4.85. The summed E-state index contributed by atoms with van der Waals surface area (Å²) in [7, 11) is 0. The van der Waals surface area contributed by atoms with Crippen LogP contribution in [-0.2, 0) is 17.9 Å². The molecule has 1 unspecified atom stereocenters. The largest absolute Gasteiger partial charge is 0.350 e. The Balaban J connectivity index is 1.70. The van der Waals surface area contributed by atoms with Crippen LogP contribution in [0, 0.1) is 11.3 Å². The Kier molecular flexibility index (Phi) is 5.95. The number of nitriles is 1. The van der Waals surface area contributed by atoms with Gasteiger partial charge in [0, 0.05) is 19.5 Å². The molecule has 1 aromatic heterocycles. The fourth-order valence-electron chi connectivity index (χ4n) is 3.38. The highest BCUT2D eigenvalue weighted by atomic mass is 16.2. The van der Waals surface area contributed by atoms with Crippen molar-refractivity contribution in [2.24, 2.45) is 0 Å². The molecule has 0 saturated carbocycles. The molecule has 0 saturated heterocycles. The molecular formula is C22H24N4O2. The number of carbonyl (C=O) groups is 1. The van der Waals surface area contributed by atoms with Crippen LogP contribution in [0.2, 0.25) is 0 Å². The van der Waals surface area contributed by atoms with E-state index in [0.29, 0.717) is 18.7 Å². The van der Waals surface area contributed by atoms with E-state index < -0.39 is 0 Å². The van der Waals surface area contributed by atoms with Crippen LogP contribution in [0.4, 0.5) is 0 Å². The summed E-state index contributed by atoms with van der Waals surface area (Å²) in [6.45, 7) is 4.94. The number of imidazole rings is 1. The van der Waals surface area contributed by atoms with Gasteiger partial charge in [0.25, 0.3) is 0 Å². The predicted octanol–water partition coefficient (Wildman–Crippen LogP) is 3.35. The average Bonchev–Trinajstić information content (AvgIpc) is 2.98. The second kappa shape index (κ2) is 8.57. The molecule has 144 valence electrons. The average molecular weight is 376 g/mol. The number of benzene rings is 2. The fourth-order valence-corrected chi connectivity index (χ4v) is 3.38. The molecule has 0 bridgehead atoms. The number of rotatable bonds is 7. The Labute approximate surface area is 164 Å². The minimum atomic E-state index is -0.168. The van der Waals surface area contributed by atoms with Crippen LogP contribution in [0.1, 0.15) is 43.9 Å². The van der Waals surface area contributed by atoms with Gasteiger partial charge in [0.15, 0.2) is 0 Å². The SMILES string of the molecule is CCCn1c(=O)n(CCC(=O)NC(C)c2ccc(C#N)cc2)c2ccccc21. The highest BCUT2D eigenvalue weighted by molar-refractivity contribution is 5.78. The summed E-state index contributed by atoms with van der Waals surface area (Å²) in [4.78, 5) is 25.2. The molecule has 0 fully saturated rings. The topological polar surface area (TPSA) is 79.8 Å². The zero-order valence-corrected chi connectivity index (χ0v) is 16.2. The van der Waals surface area contributed by atoms with E-state index in [1.54, 1.807) is 21.3 Å². The van der Waals surface area contributed by atoms with Crippen LogP contribution in [0.3, 0.4) is 0 Å². The summed E-state index contributed by atoms with van der Waals surface area (Å²) >= 11 is 0. The van der Waals surface area contributed by atoms with Crippen LogP contribution in [-0.4, -0.2) is 15.0 Å². The van der Waals surface area contributed by atoms with Crippen molar-refractivity contribution in [3.8, 4) is 6.07 Å². The zero-order valence-electron chi connectivity index (χ0n) is 16.2. The van der Waals surface area contributed by atoms with Crippen LogP contribution >= 0.6 is 0 Å². The number of hydrogen-bond donors (Lipinski definition) is 1. The van der Waals surface area contributed by atoms with E-state index in [1.807, 2.05) is 50.2 Å². The molecule has 6 heteroatoms. The van der Waals surface area contributed by atoms with Crippen molar-refractivity contribution in [1.29, 1.82) is 5.26 Å². The molecule has 2 aromatic carbocycles. The standard InChI is InChI=1S/C22H24N4O2/c1-3-13-25-19-6-4-5-7-20(19)26(22(25)28)14-12-21(27)24-16(2)18-10-8-17(15-23)9-11-18/h4-11,16H,3,12-14H2,1-2H3,(H,24,27). The van der Waals surface area contributed by atoms with Gasteiger partial charge >= 0.3 is 5.69 Å². The summed E-state index contributed by atoms with van der Waals surface area (Å²) in [5, 5.41) is 11.8. The highest BCUT2D eigenvalue weighted by Crippen LogP contribution is 2.15. The Morgan fingerprint density at radius 3 is 2.25 bits per heavy atom. The lowest BCUT2D eigenvalue weighted by Gasteiger charge is -2.14. The van der Waals surface area contributed by atoms with Gasteiger partial charge in [-0.15, -0.1) is 0 Å². The first-order chi connectivity index (χ1) is 13.5. The first-order valence-corrected chi connectivity index (χ1v) is 9.52. The van der Waals surface area contributed by atoms with Gasteiger partial charge < -0.3 is 5.32 Å². The minimum Gasteiger partial charge on any atom is -0.350 e. The monoisotopic (exact) mass is 376 g/mol. The minimum absolute atomic E-state index is 0.0732. The summed E-state index contributed by atoms with van der Waals surface area (Å²) in [6, 6.07) is 16.7. The lowest BCUT2D eigenvalue weighted by Crippen LogP contribution is -2.30. The van der Waals surface area contributed by atoms with Gasteiger partial charge in [0.2, 0.25) is 5.91 Å². The van der Waals surface area contributed by atoms with Gasteiger partial charge in [-0.05, 0) is 43.2 Å². The molecule has 1 N–H and O–H groups in total. The summed E-state index contributed by atoms with van der Waals surface area (Å²) in [5.41, 5.74) is 3.21. The molecule has 0 aliphatic heterocycles. The van der Waals surface area contributed by atoms with E-state index in [0.717, 1.165) is 23.0 Å². The maximum Gasteiger partial charge on any atom is 0.329 e. The Bertz CT molecular complexity index is 1070. The van der Waals surface area contributed by atoms with Gasteiger partial charge in [0.1, 0.15) is 0 Å². The zero-order chi connectivity index (χ0) is 20.1. The third kappa shape index (κ3) is 3.99. The smallest absolute Gasteiger partial charge is 0.329 e. The second-order valence-electron chi connectivity index (χ2n) is 6.85. The van der Waals surface area contributed by atoms with Crippen LogP contribution < -0.4 is 11.0 Å². The molecule has 1 atom stereocenters. The normalized spacial score (nSPS) is 11.9. The van der Waals surface area contributed by atoms with E-state index in [4.69, 9.17) is 5.26 Å². The van der Waals surface area contributed by atoms with Crippen molar-refractivity contribution in [2.75, 3.05) is 0 Å². The number of fused-ring (bicyclic) bond motifs is 1. The quantitative estimate of drug-likeness (QED) is 0.687. The van der Waals surface area contributed by atoms with Crippen molar-refractivity contribution in [3.05, 3.63) is 70.1 Å². The first-order valence-electron chi connectivity index (χ1n) is 9.52. The molecule has 0 radical (unpaired) electrons. The summed E-state index contributed by atoms with van der Waals surface area (Å²) in [6.07, 6.45) is 1.09. The summed E-state index contributed by atoms with van der Waals surface area (Å²) < 4.78 is 3.45. The molecule has 3 rings (SSSR count). The van der Waals surface area contributed by atoms with Gasteiger partial charge in [0.05, 0.1) is 28.7 Å². The van der Waals surface area contributed by atoms with Gasteiger partial charge in [-0.2, -0.15) is 5.26 Å². The molecular weight excluding hydrogens is 352 g/mol. The number of aryl methyl sites for hydroxylation is 2. The maximum atomic E-state index is 12.8. The number of nitrogens with zero attached hydrogens (tertiary/aromatic N) is 3. The van der Waals surface area contributed by atoms with E-state index in [2.05, 4.69) is 11.4 Å². The lowest BCUT2D eigenvalue weighted by atomic mass is 10.1. The molecule has 0 spiro atoms. The lowest BCUT2D eigenvalue weighted by molar-refractivity contribution is -0.121. The molecule has 6 nitrogen and oxygen atoms in total. The van der Waals surface area contributed by atoms with Crippen molar-refractivity contribution in [1.82, 2.24) is 14.5 Å². The van der Waals surface area contributed by atoms with Crippen LogP contribution in [0.15, 0.2) is 53.3 Å². The number of amides is 1. The van der Waals surface area contributed by atoms with E-state index >= 15 is 0 Å². The molecule has 28 heavy (non-hydrogen) atoms. The van der Waals surface area contributed by atoms with E-state index in [9.17, 15) is 9.59 Å². The Morgan fingerprint density at radius 1 is 1.07 bits per heavy atom. The van der Waals surface area contributed by atoms with Crippen molar-refractivity contribution < 1.29 is 4.79 Å². The highest BCUT2D eigenvalue weighted by Gasteiger charge is 2.14. The number of hydrogen-bond acceptors (Lipinski definition) is 3. The molecule has 1 heterocycles.